The molecule has 2 atom stereocenters. The van der Waals surface area contributed by atoms with Crippen molar-refractivity contribution in [3.05, 3.63) is 63.4 Å². The fourth-order valence-electron chi connectivity index (χ4n) is 3.45. The Kier molecular flexibility index (Phi) is 8.60. The van der Waals surface area contributed by atoms with Gasteiger partial charge in [0.05, 0.1) is 12.1 Å². The second-order valence-electron chi connectivity index (χ2n) is 7.24. The number of hydrogen-bond donors (Lipinski definition) is 2. The van der Waals surface area contributed by atoms with Gasteiger partial charge in [-0.2, -0.15) is 11.8 Å². The molecule has 0 saturated carbocycles. The molecule has 162 valence electrons. The van der Waals surface area contributed by atoms with E-state index in [1.165, 1.54) is 0 Å². The summed E-state index contributed by atoms with van der Waals surface area (Å²) in [6.45, 7) is 0.684. The van der Waals surface area contributed by atoms with Crippen LogP contribution in [0.25, 0.3) is 0 Å². The van der Waals surface area contributed by atoms with E-state index in [2.05, 4.69) is 14.7 Å². The lowest BCUT2D eigenvalue weighted by atomic mass is 10.1. The molecule has 2 N–H and O–H groups in total. The normalized spacial score (nSPS) is 17.9. The predicted molar refractivity (Wildman–Crippen MR) is 118 cm³/mol. The van der Waals surface area contributed by atoms with E-state index < -0.39 is 11.9 Å². The van der Waals surface area contributed by atoms with Crippen LogP contribution in [0.1, 0.15) is 30.7 Å². The molecule has 3 rings (SSSR count). The van der Waals surface area contributed by atoms with Gasteiger partial charge in [-0.25, -0.2) is 4.79 Å². The fourth-order valence-corrected chi connectivity index (χ4v) is 4.54. The Morgan fingerprint density at radius 3 is 3.03 bits per heavy atom. The SMILES string of the molecule is O=C1CC[C@H](/C=C/[C@@H](O)Cc2cccc(Cl)c2)N1CCSCCCc1noc(=O)[nH]1. The minimum absolute atomic E-state index is 0.0346. The van der Waals surface area contributed by atoms with Crippen molar-refractivity contribution in [1.29, 1.82) is 0 Å². The number of halogens is 1. The molecule has 1 amide bonds. The van der Waals surface area contributed by atoms with Gasteiger partial charge in [-0.15, -0.1) is 0 Å². The lowest BCUT2D eigenvalue weighted by Crippen LogP contribution is -2.34. The first kappa shape index (κ1) is 22.7. The van der Waals surface area contributed by atoms with Crippen LogP contribution in [0, 0.1) is 0 Å². The molecule has 7 nitrogen and oxygen atoms in total. The second kappa shape index (κ2) is 11.4. The van der Waals surface area contributed by atoms with Gasteiger partial charge in [-0.1, -0.05) is 41.0 Å². The third-order valence-electron chi connectivity index (χ3n) is 4.93. The van der Waals surface area contributed by atoms with Crippen LogP contribution in [0.5, 0.6) is 0 Å². The zero-order valence-electron chi connectivity index (χ0n) is 16.6. The van der Waals surface area contributed by atoms with Crippen LogP contribution < -0.4 is 5.76 Å². The molecular formula is C21H26ClN3O4S. The summed E-state index contributed by atoms with van der Waals surface area (Å²) in [6, 6.07) is 7.50. The molecule has 9 heteroatoms. The number of thioether (sulfide) groups is 1. The van der Waals surface area contributed by atoms with Crippen LogP contribution in [0.2, 0.25) is 5.02 Å². The van der Waals surface area contributed by atoms with Crippen LogP contribution in [-0.4, -0.2) is 56.3 Å². The van der Waals surface area contributed by atoms with Crippen LogP contribution in [0.4, 0.5) is 0 Å². The molecule has 1 fully saturated rings. The maximum Gasteiger partial charge on any atom is 0.438 e. The third kappa shape index (κ3) is 7.04. The summed E-state index contributed by atoms with van der Waals surface area (Å²) < 4.78 is 4.47. The average molecular weight is 452 g/mol. The standard InChI is InChI=1S/C21H26ClN3O4S/c22-16-4-1-3-15(13-16)14-18(26)8-6-17-7-9-20(27)25(17)10-12-30-11-2-5-19-23-21(28)29-24-19/h1,3-4,6,8,13,17-18,26H,2,5,7,9-12,14H2,(H,23,24,28)/b8-6+/t17-,18+/m0/s1. The minimum atomic E-state index is -0.613. The number of aromatic amines is 1. The van der Waals surface area contributed by atoms with Gasteiger partial charge in [0.1, 0.15) is 0 Å². The zero-order valence-corrected chi connectivity index (χ0v) is 18.2. The van der Waals surface area contributed by atoms with Crippen molar-refractivity contribution in [3.63, 3.8) is 0 Å². The number of H-pyrrole nitrogens is 1. The van der Waals surface area contributed by atoms with E-state index in [4.69, 9.17) is 11.6 Å². The molecule has 2 heterocycles. The van der Waals surface area contributed by atoms with E-state index in [0.717, 1.165) is 29.9 Å². The number of rotatable bonds is 11. The monoisotopic (exact) mass is 451 g/mol. The quantitative estimate of drug-likeness (QED) is 0.402. The highest BCUT2D eigenvalue weighted by Crippen LogP contribution is 2.21. The van der Waals surface area contributed by atoms with Crippen molar-refractivity contribution in [2.45, 2.75) is 44.2 Å². The van der Waals surface area contributed by atoms with Gasteiger partial charge in [0.15, 0.2) is 5.82 Å². The van der Waals surface area contributed by atoms with Gasteiger partial charge in [-0.05, 0) is 36.3 Å². The first-order chi connectivity index (χ1) is 14.5. The van der Waals surface area contributed by atoms with Gasteiger partial charge in [0.25, 0.3) is 0 Å². The Bertz CT molecular complexity index is 913. The van der Waals surface area contributed by atoms with Crippen LogP contribution in [-0.2, 0) is 17.6 Å². The summed E-state index contributed by atoms with van der Waals surface area (Å²) >= 11 is 7.76. The Morgan fingerprint density at radius 2 is 2.27 bits per heavy atom. The number of aromatic nitrogens is 2. The number of nitrogens with one attached hydrogen (secondary N) is 1. The number of nitrogens with zero attached hydrogens (tertiary/aromatic N) is 2. The summed E-state index contributed by atoms with van der Waals surface area (Å²) in [4.78, 5) is 27.5. The van der Waals surface area contributed by atoms with Crippen LogP contribution in [0.15, 0.2) is 45.7 Å². The first-order valence-electron chi connectivity index (χ1n) is 10.0. The number of likely N-dealkylation sites (tertiary alicyclic amines) is 1. The molecule has 1 aliphatic heterocycles. The molecule has 0 spiro atoms. The molecule has 0 aliphatic carbocycles. The topological polar surface area (TPSA) is 99.4 Å². The Balaban J connectivity index is 1.38. The number of amides is 1. The summed E-state index contributed by atoms with van der Waals surface area (Å²) in [5.41, 5.74) is 0.977. The average Bonchev–Trinajstić information content (AvgIpc) is 3.28. The number of benzene rings is 1. The molecule has 1 aromatic carbocycles. The molecule has 1 aromatic heterocycles. The van der Waals surface area contributed by atoms with Crippen molar-refractivity contribution in [3.8, 4) is 0 Å². The third-order valence-corrected chi connectivity index (χ3v) is 6.21. The number of hydrogen-bond acceptors (Lipinski definition) is 6. The van der Waals surface area contributed by atoms with Gasteiger partial charge in [0.2, 0.25) is 5.91 Å². The molecular weight excluding hydrogens is 426 g/mol. The van der Waals surface area contributed by atoms with Crippen molar-refractivity contribution in [1.82, 2.24) is 15.0 Å². The fraction of sp³-hybridized carbons (Fsp3) is 0.476. The molecule has 0 bridgehead atoms. The van der Waals surface area contributed by atoms with Crippen molar-refractivity contribution >= 4 is 29.3 Å². The maximum atomic E-state index is 12.2. The van der Waals surface area contributed by atoms with Gasteiger partial charge < -0.3 is 10.0 Å². The Hall–Kier alpha value is -2.03. The number of aliphatic hydroxyl groups excluding tert-OH is 1. The number of aliphatic hydroxyl groups is 1. The molecule has 30 heavy (non-hydrogen) atoms. The van der Waals surface area contributed by atoms with Crippen molar-refractivity contribution in [2.75, 3.05) is 18.1 Å². The van der Waals surface area contributed by atoms with Crippen molar-refractivity contribution < 1.29 is 14.4 Å². The highest BCUT2D eigenvalue weighted by molar-refractivity contribution is 7.99. The molecule has 1 aliphatic rings. The van der Waals surface area contributed by atoms with Crippen molar-refractivity contribution in [2.24, 2.45) is 0 Å². The van der Waals surface area contributed by atoms with Gasteiger partial charge in [-0.3, -0.25) is 14.3 Å². The Morgan fingerprint density at radius 1 is 1.40 bits per heavy atom. The summed E-state index contributed by atoms with van der Waals surface area (Å²) in [5.74, 6) is 1.96. The van der Waals surface area contributed by atoms with E-state index in [9.17, 15) is 14.7 Å². The van der Waals surface area contributed by atoms with Gasteiger partial charge in [0, 0.05) is 36.6 Å². The van der Waals surface area contributed by atoms with E-state index >= 15 is 0 Å². The number of carbonyl (C=O) groups excluding carboxylic acids is 1. The molecule has 1 saturated heterocycles. The van der Waals surface area contributed by atoms with E-state index in [1.807, 2.05) is 35.2 Å². The highest BCUT2D eigenvalue weighted by Gasteiger charge is 2.28. The lowest BCUT2D eigenvalue weighted by molar-refractivity contribution is -0.128. The zero-order chi connectivity index (χ0) is 21.3. The van der Waals surface area contributed by atoms with Crippen LogP contribution >= 0.6 is 23.4 Å². The summed E-state index contributed by atoms with van der Waals surface area (Å²) in [5, 5.41) is 14.6. The number of carbonyl (C=O) groups is 1. The van der Waals surface area contributed by atoms with Gasteiger partial charge >= 0.3 is 5.76 Å². The van der Waals surface area contributed by atoms with Crippen LogP contribution in [0.3, 0.4) is 0 Å². The second-order valence-corrected chi connectivity index (χ2v) is 8.90. The summed E-state index contributed by atoms with van der Waals surface area (Å²) in [6.07, 6.45) is 6.47. The van der Waals surface area contributed by atoms with E-state index in [0.29, 0.717) is 36.7 Å². The van der Waals surface area contributed by atoms with E-state index in [1.54, 1.807) is 17.8 Å². The molecule has 0 unspecified atom stereocenters. The smallest absolute Gasteiger partial charge is 0.389 e. The predicted octanol–water partition coefficient (Wildman–Crippen LogP) is 2.83. The largest absolute Gasteiger partial charge is 0.438 e. The number of aryl methyl sites for hydroxylation is 1. The molecule has 0 radical (unpaired) electrons. The Labute approximate surface area is 184 Å². The maximum absolute atomic E-state index is 12.2. The first-order valence-corrected chi connectivity index (χ1v) is 11.6. The van der Waals surface area contributed by atoms with E-state index in [-0.39, 0.29) is 11.9 Å². The lowest BCUT2D eigenvalue weighted by Gasteiger charge is -2.22. The minimum Gasteiger partial charge on any atom is -0.389 e. The summed E-state index contributed by atoms with van der Waals surface area (Å²) in [7, 11) is 0. The molecule has 2 aromatic rings. The highest BCUT2D eigenvalue weighted by atomic mass is 35.5.